The molecule has 1 aromatic heterocycles. The number of nitrogens with one attached hydrogen (secondary N) is 2. The van der Waals surface area contributed by atoms with E-state index in [1.54, 1.807) is 25.1 Å². The van der Waals surface area contributed by atoms with Gasteiger partial charge in [-0.05, 0) is 43.2 Å². The van der Waals surface area contributed by atoms with E-state index in [0.717, 1.165) is 17.8 Å². The molecule has 1 atom stereocenters. The smallest absolute Gasteiger partial charge is 0.433 e. The molecule has 13 heteroatoms. The summed E-state index contributed by atoms with van der Waals surface area (Å²) in [6.45, 7) is 3.25. The molecule has 2 heterocycles. The maximum Gasteiger partial charge on any atom is 0.433 e. The second-order valence-electron chi connectivity index (χ2n) is 8.05. The number of ether oxygens (including phenoxy) is 3. The van der Waals surface area contributed by atoms with Gasteiger partial charge in [-0.15, -0.1) is 0 Å². The lowest BCUT2D eigenvalue weighted by Gasteiger charge is -2.29. The van der Waals surface area contributed by atoms with Crippen molar-refractivity contribution in [3.8, 4) is 11.8 Å². The molecule has 1 aliphatic rings. The van der Waals surface area contributed by atoms with E-state index in [1.807, 2.05) is 6.07 Å². The van der Waals surface area contributed by atoms with Crippen LogP contribution in [0.25, 0.3) is 0 Å². The maximum absolute atomic E-state index is 13.4. The first-order chi connectivity index (χ1) is 18.0. The van der Waals surface area contributed by atoms with Crippen LogP contribution in [-0.2, 0) is 27.1 Å². The highest BCUT2D eigenvalue weighted by Gasteiger charge is 2.36. The van der Waals surface area contributed by atoms with E-state index in [0.29, 0.717) is 16.9 Å². The molecule has 202 valence electrons. The van der Waals surface area contributed by atoms with Crippen molar-refractivity contribution >= 4 is 23.8 Å². The molecule has 0 bridgehead atoms. The second-order valence-corrected chi connectivity index (χ2v) is 9.02. The van der Waals surface area contributed by atoms with E-state index in [1.165, 1.54) is 21.1 Å². The van der Waals surface area contributed by atoms with Gasteiger partial charge in [0.15, 0.2) is 0 Å². The highest BCUT2D eigenvalue weighted by Crippen LogP contribution is 2.36. The molecule has 3 rings (SSSR count). The Labute approximate surface area is 221 Å². The second kappa shape index (κ2) is 12.2. The summed E-state index contributed by atoms with van der Waals surface area (Å²) in [7, 11) is 3.01. The van der Waals surface area contributed by atoms with Gasteiger partial charge in [0.2, 0.25) is 0 Å². The average Bonchev–Trinajstić information content (AvgIpc) is 2.86. The number of rotatable bonds is 9. The van der Waals surface area contributed by atoms with Crippen LogP contribution in [0.2, 0.25) is 0 Å². The van der Waals surface area contributed by atoms with Crippen molar-refractivity contribution in [1.29, 1.82) is 5.26 Å². The SMILES string of the molecule is CCOC(=O)C1=C(CSc2nc(C(F)(F)F)cc(C)c2C#N)NC(=O)NC1c1ccc(OC)c(COC)c1. The van der Waals surface area contributed by atoms with Crippen molar-refractivity contribution in [3.63, 3.8) is 0 Å². The van der Waals surface area contributed by atoms with Crippen molar-refractivity contribution in [1.82, 2.24) is 15.6 Å². The number of nitrogens with zero attached hydrogens (tertiary/aromatic N) is 2. The number of hydrogen-bond acceptors (Lipinski definition) is 8. The number of nitriles is 1. The molecule has 0 saturated carbocycles. The highest BCUT2D eigenvalue weighted by molar-refractivity contribution is 7.99. The standard InChI is InChI=1S/C25H25F3N4O5S/c1-5-37-23(33)20-17(12-38-22-16(10-29)13(2)8-19(31-22)25(26,27)28)30-24(34)32-21(20)14-6-7-18(36-4)15(9-14)11-35-3/h6-9,21H,5,11-12H2,1-4H3,(H2,30,32,34). The third-order valence-corrected chi connectivity index (χ3v) is 6.53. The maximum atomic E-state index is 13.4. The van der Waals surface area contributed by atoms with Crippen LogP contribution in [0.3, 0.4) is 0 Å². The number of thioether (sulfide) groups is 1. The van der Waals surface area contributed by atoms with Gasteiger partial charge in [-0.25, -0.2) is 14.6 Å². The third kappa shape index (κ3) is 6.38. The fraction of sp³-hybridized carbons (Fsp3) is 0.360. The van der Waals surface area contributed by atoms with Crippen molar-refractivity contribution in [2.24, 2.45) is 0 Å². The van der Waals surface area contributed by atoms with Crippen LogP contribution in [0.15, 0.2) is 40.6 Å². The first-order valence-electron chi connectivity index (χ1n) is 11.3. The van der Waals surface area contributed by atoms with E-state index in [2.05, 4.69) is 15.6 Å². The summed E-state index contributed by atoms with van der Waals surface area (Å²) in [6.07, 6.45) is -4.72. The summed E-state index contributed by atoms with van der Waals surface area (Å²) in [5.74, 6) is -0.344. The summed E-state index contributed by atoms with van der Waals surface area (Å²) < 4.78 is 55.9. The van der Waals surface area contributed by atoms with Crippen LogP contribution >= 0.6 is 11.8 Å². The lowest BCUT2D eigenvalue weighted by molar-refractivity contribution is -0.141. The Morgan fingerprint density at radius 3 is 2.61 bits per heavy atom. The number of aromatic nitrogens is 1. The monoisotopic (exact) mass is 550 g/mol. The van der Waals surface area contributed by atoms with Crippen LogP contribution in [0.1, 0.15) is 40.9 Å². The molecule has 2 N–H and O–H groups in total. The molecule has 2 amide bonds. The lowest BCUT2D eigenvalue weighted by Crippen LogP contribution is -2.46. The number of benzene rings is 1. The van der Waals surface area contributed by atoms with E-state index in [9.17, 15) is 28.0 Å². The van der Waals surface area contributed by atoms with Gasteiger partial charge < -0.3 is 24.8 Å². The van der Waals surface area contributed by atoms with Crippen LogP contribution < -0.4 is 15.4 Å². The minimum Gasteiger partial charge on any atom is -0.496 e. The molecule has 1 aromatic carbocycles. The molecular formula is C25H25F3N4O5S. The minimum atomic E-state index is -4.72. The summed E-state index contributed by atoms with van der Waals surface area (Å²) in [4.78, 5) is 29.3. The zero-order valence-electron chi connectivity index (χ0n) is 21.0. The molecule has 0 fully saturated rings. The number of hydrogen-bond donors (Lipinski definition) is 2. The van der Waals surface area contributed by atoms with Gasteiger partial charge in [-0.3, -0.25) is 0 Å². The summed E-state index contributed by atoms with van der Waals surface area (Å²) in [5.41, 5.74) is 0.310. The van der Waals surface area contributed by atoms with Gasteiger partial charge in [-0.1, -0.05) is 17.8 Å². The summed E-state index contributed by atoms with van der Waals surface area (Å²) in [6, 6.07) is 6.17. The molecule has 0 saturated heterocycles. The lowest BCUT2D eigenvalue weighted by atomic mass is 9.94. The predicted octanol–water partition coefficient (Wildman–Crippen LogP) is 4.40. The Bertz CT molecular complexity index is 1310. The third-order valence-electron chi connectivity index (χ3n) is 5.53. The number of amides is 2. The van der Waals surface area contributed by atoms with E-state index in [-0.39, 0.29) is 46.4 Å². The molecular weight excluding hydrogens is 525 g/mol. The molecule has 9 nitrogen and oxygen atoms in total. The quantitative estimate of drug-likeness (QED) is 0.348. The number of carbonyl (C=O) groups is 2. The van der Waals surface area contributed by atoms with Gasteiger partial charge in [0, 0.05) is 24.1 Å². The van der Waals surface area contributed by atoms with Crippen molar-refractivity contribution in [2.45, 2.75) is 37.7 Å². The first kappa shape index (κ1) is 28.8. The molecule has 38 heavy (non-hydrogen) atoms. The first-order valence-corrected chi connectivity index (χ1v) is 12.3. The fourth-order valence-corrected chi connectivity index (χ4v) is 4.87. The predicted molar refractivity (Wildman–Crippen MR) is 131 cm³/mol. The van der Waals surface area contributed by atoms with Gasteiger partial charge in [0.25, 0.3) is 0 Å². The van der Waals surface area contributed by atoms with Crippen molar-refractivity contribution < 1.29 is 37.0 Å². The van der Waals surface area contributed by atoms with Crippen LogP contribution in [0.5, 0.6) is 5.75 Å². The van der Waals surface area contributed by atoms with Gasteiger partial charge >= 0.3 is 18.2 Å². The summed E-state index contributed by atoms with van der Waals surface area (Å²) >= 11 is 0.797. The number of alkyl halides is 3. The Balaban J connectivity index is 2.08. The van der Waals surface area contributed by atoms with Crippen LogP contribution in [0, 0.1) is 18.3 Å². The number of esters is 1. The Morgan fingerprint density at radius 1 is 1.26 bits per heavy atom. The number of carbonyl (C=O) groups excluding carboxylic acids is 2. The number of methoxy groups -OCH3 is 2. The highest BCUT2D eigenvalue weighted by atomic mass is 32.2. The van der Waals surface area contributed by atoms with E-state index < -0.39 is 29.9 Å². The Morgan fingerprint density at radius 2 is 2.00 bits per heavy atom. The number of pyridine rings is 1. The average molecular weight is 551 g/mol. The topological polar surface area (TPSA) is 123 Å². The van der Waals surface area contributed by atoms with E-state index in [4.69, 9.17) is 14.2 Å². The zero-order valence-corrected chi connectivity index (χ0v) is 21.8. The molecule has 2 aromatic rings. The number of urea groups is 1. The molecule has 0 radical (unpaired) electrons. The number of aryl methyl sites for hydroxylation is 1. The molecule has 1 unspecified atom stereocenters. The van der Waals surface area contributed by atoms with Gasteiger partial charge in [-0.2, -0.15) is 18.4 Å². The van der Waals surface area contributed by atoms with Crippen molar-refractivity contribution in [3.05, 3.63) is 63.5 Å². The van der Waals surface area contributed by atoms with Gasteiger partial charge in [0.05, 0.1) is 37.5 Å². The minimum absolute atomic E-state index is 0.0301. The largest absolute Gasteiger partial charge is 0.496 e. The number of halogens is 3. The zero-order chi connectivity index (χ0) is 28.0. The molecule has 0 aliphatic carbocycles. The van der Waals surface area contributed by atoms with Crippen LogP contribution in [0.4, 0.5) is 18.0 Å². The van der Waals surface area contributed by atoms with Gasteiger partial charge in [0.1, 0.15) is 22.5 Å². The summed E-state index contributed by atoms with van der Waals surface area (Å²) in [5, 5.41) is 14.6. The Hall–Kier alpha value is -3.76. The molecule has 1 aliphatic heterocycles. The molecule has 0 spiro atoms. The fourth-order valence-electron chi connectivity index (χ4n) is 3.85. The normalized spacial score (nSPS) is 15.4. The van der Waals surface area contributed by atoms with E-state index >= 15 is 0 Å². The van der Waals surface area contributed by atoms with Crippen LogP contribution in [-0.4, -0.2) is 43.6 Å². The Kier molecular flexibility index (Phi) is 9.24. The van der Waals surface area contributed by atoms with Crippen molar-refractivity contribution in [2.75, 3.05) is 26.6 Å².